The molecular formula is C19H29Cl2N3O. The highest BCUT2D eigenvalue weighted by Gasteiger charge is 2.20. The number of nitrogens with one attached hydrogen (secondary N) is 1. The summed E-state index contributed by atoms with van der Waals surface area (Å²) in [5.41, 5.74) is 6.65. The number of rotatable bonds is 9. The van der Waals surface area contributed by atoms with Crippen LogP contribution in [0.4, 0.5) is 0 Å². The summed E-state index contributed by atoms with van der Waals surface area (Å²) in [5.74, 6) is 0.190. The average molecular weight is 386 g/mol. The van der Waals surface area contributed by atoms with E-state index in [0.29, 0.717) is 22.5 Å². The van der Waals surface area contributed by atoms with Crippen molar-refractivity contribution in [2.75, 3.05) is 19.6 Å². The van der Waals surface area contributed by atoms with Crippen molar-refractivity contribution in [3.63, 3.8) is 0 Å². The second kappa shape index (κ2) is 11.0. The Kier molecular flexibility index (Phi) is 9.04. The maximum Gasteiger partial charge on any atom is 0.220 e. The lowest BCUT2D eigenvalue weighted by Gasteiger charge is -2.32. The number of amides is 1. The number of carbonyl (C=O) groups excluding carboxylic acids is 1. The first-order valence-corrected chi connectivity index (χ1v) is 10.00. The second-order valence-electron chi connectivity index (χ2n) is 6.82. The van der Waals surface area contributed by atoms with Gasteiger partial charge in [-0.05, 0) is 49.9 Å². The van der Waals surface area contributed by atoms with Crippen LogP contribution >= 0.6 is 23.2 Å². The molecule has 6 heteroatoms. The molecule has 4 nitrogen and oxygen atoms in total. The molecule has 0 aromatic heterocycles. The molecule has 0 spiro atoms. The molecule has 3 N–H and O–H groups in total. The van der Waals surface area contributed by atoms with E-state index in [1.807, 2.05) is 18.2 Å². The quantitative estimate of drug-likeness (QED) is 0.631. The predicted octanol–water partition coefficient (Wildman–Crippen LogP) is 3.98. The number of unbranched alkanes of at least 4 members (excludes halogenated alkanes) is 3. The Morgan fingerprint density at radius 3 is 2.52 bits per heavy atom. The fourth-order valence-electron chi connectivity index (χ4n) is 3.21. The number of halogens is 2. The van der Waals surface area contributed by atoms with Gasteiger partial charge < -0.3 is 11.1 Å². The number of likely N-dealkylation sites (tertiary alicyclic amines) is 1. The Morgan fingerprint density at radius 1 is 1.12 bits per heavy atom. The van der Waals surface area contributed by atoms with Gasteiger partial charge in [-0.15, -0.1) is 0 Å². The lowest BCUT2D eigenvalue weighted by molar-refractivity contribution is -0.122. The summed E-state index contributed by atoms with van der Waals surface area (Å²) in [7, 11) is 0. The molecule has 0 saturated carbocycles. The van der Waals surface area contributed by atoms with Crippen LogP contribution in [0, 0.1) is 0 Å². The van der Waals surface area contributed by atoms with Crippen LogP contribution in [0.25, 0.3) is 0 Å². The lowest BCUT2D eigenvalue weighted by Crippen LogP contribution is -2.44. The number of carbonyl (C=O) groups is 1. The zero-order chi connectivity index (χ0) is 18.1. The third-order valence-corrected chi connectivity index (χ3v) is 5.44. The van der Waals surface area contributed by atoms with E-state index in [1.165, 1.54) is 5.56 Å². The first-order valence-electron chi connectivity index (χ1n) is 9.24. The fraction of sp³-hybridized carbons (Fsp3) is 0.632. The largest absolute Gasteiger partial charge is 0.353 e. The Bertz CT molecular complexity index is 545. The summed E-state index contributed by atoms with van der Waals surface area (Å²) in [4.78, 5) is 14.4. The van der Waals surface area contributed by atoms with Crippen molar-refractivity contribution >= 4 is 29.1 Å². The molecule has 1 heterocycles. The second-order valence-corrected chi connectivity index (χ2v) is 7.63. The van der Waals surface area contributed by atoms with Crippen LogP contribution < -0.4 is 11.1 Å². The minimum absolute atomic E-state index is 0.190. The smallest absolute Gasteiger partial charge is 0.220 e. The van der Waals surface area contributed by atoms with Gasteiger partial charge in [0.1, 0.15) is 0 Å². The van der Waals surface area contributed by atoms with Crippen LogP contribution in [0.2, 0.25) is 10.0 Å². The standard InChI is InChI=1S/C19H29Cl2N3O/c20-17-7-6-15(13-18(17)21)14-24-11-8-16(9-12-24)23-19(25)5-3-1-2-4-10-22/h6-7,13,16H,1-5,8-12,14,22H2,(H,23,25). The molecule has 140 valence electrons. The van der Waals surface area contributed by atoms with Gasteiger partial charge in [-0.3, -0.25) is 9.69 Å². The van der Waals surface area contributed by atoms with Crippen LogP contribution in [-0.2, 0) is 11.3 Å². The molecule has 25 heavy (non-hydrogen) atoms. The van der Waals surface area contributed by atoms with Gasteiger partial charge in [0.25, 0.3) is 0 Å². The highest BCUT2D eigenvalue weighted by atomic mass is 35.5. The van der Waals surface area contributed by atoms with Crippen LogP contribution in [0.1, 0.15) is 50.5 Å². The molecule has 1 fully saturated rings. The van der Waals surface area contributed by atoms with E-state index >= 15 is 0 Å². The summed E-state index contributed by atoms with van der Waals surface area (Å²) in [6.45, 7) is 3.59. The lowest BCUT2D eigenvalue weighted by atomic mass is 10.0. The third-order valence-electron chi connectivity index (χ3n) is 4.70. The van der Waals surface area contributed by atoms with Crippen molar-refractivity contribution in [1.82, 2.24) is 10.2 Å². The molecule has 1 aromatic carbocycles. The van der Waals surface area contributed by atoms with Gasteiger partial charge in [0.2, 0.25) is 5.91 Å². The van der Waals surface area contributed by atoms with E-state index in [1.54, 1.807) is 0 Å². The van der Waals surface area contributed by atoms with Crippen molar-refractivity contribution < 1.29 is 4.79 Å². The molecule has 2 rings (SSSR count). The third kappa shape index (κ3) is 7.53. The minimum atomic E-state index is 0.190. The van der Waals surface area contributed by atoms with E-state index in [9.17, 15) is 4.79 Å². The van der Waals surface area contributed by atoms with Gasteiger partial charge >= 0.3 is 0 Å². The van der Waals surface area contributed by atoms with Gasteiger partial charge in [-0.2, -0.15) is 0 Å². The van der Waals surface area contributed by atoms with E-state index in [2.05, 4.69) is 10.2 Å². The first kappa shape index (κ1) is 20.5. The summed E-state index contributed by atoms with van der Waals surface area (Å²) in [6.07, 6.45) is 6.86. The van der Waals surface area contributed by atoms with Gasteiger partial charge in [0, 0.05) is 32.1 Å². The van der Waals surface area contributed by atoms with Crippen molar-refractivity contribution in [3.8, 4) is 0 Å². The maximum absolute atomic E-state index is 12.0. The average Bonchev–Trinajstić information content (AvgIpc) is 2.60. The summed E-state index contributed by atoms with van der Waals surface area (Å²) < 4.78 is 0. The molecule has 1 saturated heterocycles. The van der Waals surface area contributed by atoms with Gasteiger partial charge in [-0.25, -0.2) is 0 Å². The Morgan fingerprint density at radius 2 is 1.84 bits per heavy atom. The Balaban J connectivity index is 1.64. The Labute approximate surface area is 161 Å². The van der Waals surface area contributed by atoms with Crippen molar-refractivity contribution in [2.45, 2.75) is 57.5 Å². The first-order chi connectivity index (χ1) is 12.1. The SMILES string of the molecule is NCCCCCCC(=O)NC1CCN(Cc2ccc(Cl)c(Cl)c2)CC1. The van der Waals surface area contributed by atoms with E-state index in [-0.39, 0.29) is 5.91 Å². The highest BCUT2D eigenvalue weighted by Crippen LogP contribution is 2.24. The molecular weight excluding hydrogens is 357 g/mol. The molecule has 0 unspecified atom stereocenters. The number of benzene rings is 1. The van der Waals surface area contributed by atoms with Crippen LogP contribution in [0.5, 0.6) is 0 Å². The van der Waals surface area contributed by atoms with Crippen LogP contribution in [-0.4, -0.2) is 36.5 Å². The summed E-state index contributed by atoms with van der Waals surface area (Å²) in [5, 5.41) is 4.38. The summed E-state index contributed by atoms with van der Waals surface area (Å²) >= 11 is 12.0. The number of hydrogen-bond donors (Lipinski definition) is 2. The Hall–Kier alpha value is -0.810. The maximum atomic E-state index is 12.0. The number of nitrogens with zero attached hydrogens (tertiary/aromatic N) is 1. The molecule has 0 radical (unpaired) electrons. The summed E-state index contributed by atoms with van der Waals surface area (Å²) in [6, 6.07) is 6.11. The number of hydrogen-bond acceptors (Lipinski definition) is 3. The van der Waals surface area contributed by atoms with E-state index < -0.39 is 0 Å². The van der Waals surface area contributed by atoms with Gasteiger partial charge in [0.15, 0.2) is 0 Å². The highest BCUT2D eigenvalue weighted by molar-refractivity contribution is 6.42. The monoisotopic (exact) mass is 385 g/mol. The zero-order valence-corrected chi connectivity index (χ0v) is 16.3. The van der Waals surface area contributed by atoms with Gasteiger partial charge in [0.05, 0.1) is 10.0 Å². The fourth-order valence-corrected chi connectivity index (χ4v) is 3.54. The molecule has 0 atom stereocenters. The topological polar surface area (TPSA) is 58.4 Å². The molecule has 1 aromatic rings. The molecule has 0 bridgehead atoms. The molecule has 1 aliphatic heterocycles. The predicted molar refractivity (Wildman–Crippen MR) is 105 cm³/mol. The number of nitrogens with two attached hydrogens (primary N) is 1. The van der Waals surface area contributed by atoms with Crippen LogP contribution in [0.3, 0.4) is 0 Å². The minimum Gasteiger partial charge on any atom is -0.353 e. The zero-order valence-electron chi connectivity index (χ0n) is 14.8. The molecule has 1 aliphatic rings. The van der Waals surface area contributed by atoms with Crippen molar-refractivity contribution in [1.29, 1.82) is 0 Å². The van der Waals surface area contributed by atoms with E-state index in [4.69, 9.17) is 28.9 Å². The molecule has 1 amide bonds. The van der Waals surface area contributed by atoms with E-state index in [0.717, 1.165) is 64.7 Å². The van der Waals surface area contributed by atoms with Gasteiger partial charge in [-0.1, -0.05) is 42.1 Å². The van der Waals surface area contributed by atoms with Crippen molar-refractivity contribution in [2.24, 2.45) is 5.73 Å². The van der Waals surface area contributed by atoms with Crippen LogP contribution in [0.15, 0.2) is 18.2 Å². The molecule has 0 aliphatic carbocycles. The number of piperidine rings is 1. The normalized spacial score (nSPS) is 16.1. The van der Waals surface area contributed by atoms with Crippen molar-refractivity contribution in [3.05, 3.63) is 33.8 Å².